The fourth-order valence-electron chi connectivity index (χ4n) is 2.90. The van der Waals surface area contributed by atoms with Crippen LogP contribution in [-0.4, -0.2) is 23.8 Å². The van der Waals surface area contributed by atoms with Crippen molar-refractivity contribution in [1.82, 2.24) is 9.55 Å². The Balaban J connectivity index is 2.14. The predicted molar refractivity (Wildman–Crippen MR) is 74.7 cm³/mol. The average molecular weight is 261 g/mol. The van der Waals surface area contributed by atoms with E-state index >= 15 is 0 Å². The van der Waals surface area contributed by atoms with Crippen LogP contribution in [0.15, 0.2) is 12.1 Å². The molecule has 0 saturated heterocycles. The third-order valence-electron chi connectivity index (χ3n) is 3.94. The monoisotopic (exact) mass is 261 g/mol. The summed E-state index contributed by atoms with van der Waals surface area (Å²) in [6, 6.07) is 4.29. The number of hydrogen-bond acceptors (Lipinski definition) is 4. The van der Waals surface area contributed by atoms with Gasteiger partial charge in [0.15, 0.2) is 11.5 Å². The lowest BCUT2D eigenvalue weighted by Crippen LogP contribution is -2.25. The molecule has 5 nitrogen and oxygen atoms in total. The molecule has 2 aromatic rings. The molecular formula is C14H19N3O2. The number of fused-ring (bicyclic) bond motifs is 1. The molecule has 19 heavy (non-hydrogen) atoms. The Hall–Kier alpha value is -1.91. The first kappa shape index (κ1) is 12.1. The van der Waals surface area contributed by atoms with Gasteiger partial charge in [0.2, 0.25) is 5.95 Å². The molecule has 1 fully saturated rings. The molecule has 1 aromatic carbocycles. The van der Waals surface area contributed by atoms with Crippen molar-refractivity contribution in [2.45, 2.75) is 25.8 Å². The molecule has 0 bridgehead atoms. The zero-order valence-corrected chi connectivity index (χ0v) is 11.5. The normalized spacial score (nSPS) is 22.3. The van der Waals surface area contributed by atoms with Crippen LogP contribution in [0.2, 0.25) is 0 Å². The van der Waals surface area contributed by atoms with Crippen LogP contribution in [0.5, 0.6) is 11.5 Å². The maximum absolute atomic E-state index is 6.06. The van der Waals surface area contributed by atoms with Crippen LogP contribution >= 0.6 is 0 Å². The highest BCUT2D eigenvalue weighted by Crippen LogP contribution is 2.42. The fraction of sp³-hybridized carbons (Fsp3) is 0.500. The summed E-state index contributed by atoms with van der Waals surface area (Å²) < 4.78 is 12.8. The Morgan fingerprint density at radius 1 is 1.21 bits per heavy atom. The number of imidazole rings is 1. The molecule has 102 valence electrons. The van der Waals surface area contributed by atoms with Crippen LogP contribution < -0.4 is 15.2 Å². The zero-order valence-electron chi connectivity index (χ0n) is 11.5. The van der Waals surface area contributed by atoms with Crippen molar-refractivity contribution in [2.24, 2.45) is 5.92 Å². The minimum Gasteiger partial charge on any atom is -0.493 e. The topological polar surface area (TPSA) is 62.3 Å². The predicted octanol–water partition coefficient (Wildman–Crippen LogP) is 2.61. The largest absolute Gasteiger partial charge is 0.493 e. The van der Waals surface area contributed by atoms with Crippen molar-refractivity contribution in [3.8, 4) is 11.5 Å². The van der Waals surface area contributed by atoms with Crippen molar-refractivity contribution in [1.29, 1.82) is 0 Å². The number of aromatic nitrogens is 2. The summed E-state index contributed by atoms with van der Waals surface area (Å²) in [5, 5.41) is 0. The summed E-state index contributed by atoms with van der Waals surface area (Å²) in [4.78, 5) is 4.43. The van der Waals surface area contributed by atoms with Gasteiger partial charge in [0, 0.05) is 18.2 Å². The minimum absolute atomic E-state index is 0.457. The van der Waals surface area contributed by atoms with E-state index in [4.69, 9.17) is 15.2 Å². The van der Waals surface area contributed by atoms with Crippen molar-refractivity contribution in [2.75, 3.05) is 20.0 Å². The molecule has 1 saturated carbocycles. The van der Waals surface area contributed by atoms with Crippen molar-refractivity contribution in [3.05, 3.63) is 12.1 Å². The Morgan fingerprint density at radius 3 is 2.42 bits per heavy atom. The molecule has 1 aromatic heterocycles. The highest BCUT2D eigenvalue weighted by Gasteiger charge is 2.30. The first-order valence-corrected chi connectivity index (χ1v) is 6.53. The fourth-order valence-corrected chi connectivity index (χ4v) is 2.90. The van der Waals surface area contributed by atoms with Crippen LogP contribution in [0.4, 0.5) is 5.95 Å². The SMILES string of the molecule is COc1cc2nc(N)n(C3CC(C)C3)c2cc1OC. The van der Waals surface area contributed by atoms with Crippen LogP contribution in [0.1, 0.15) is 25.8 Å². The molecule has 1 heterocycles. The zero-order chi connectivity index (χ0) is 13.6. The number of rotatable bonds is 3. The summed E-state index contributed by atoms with van der Waals surface area (Å²) in [6.07, 6.45) is 2.31. The maximum Gasteiger partial charge on any atom is 0.201 e. The molecule has 0 aliphatic heterocycles. The van der Waals surface area contributed by atoms with Gasteiger partial charge in [0.05, 0.1) is 25.3 Å². The van der Waals surface area contributed by atoms with Gasteiger partial charge in [-0.1, -0.05) is 6.92 Å². The van der Waals surface area contributed by atoms with E-state index in [1.54, 1.807) is 14.2 Å². The van der Waals surface area contributed by atoms with Crippen LogP contribution in [0, 0.1) is 5.92 Å². The van der Waals surface area contributed by atoms with E-state index in [2.05, 4.69) is 16.5 Å². The molecule has 0 radical (unpaired) electrons. The van der Waals surface area contributed by atoms with Crippen LogP contribution in [0.25, 0.3) is 11.0 Å². The highest BCUT2D eigenvalue weighted by molar-refractivity contribution is 5.82. The van der Waals surface area contributed by atoms with Crippen LogP contribution in [0.3, 0.4) is 0 Å². The average Bonchev–Trinajstić information content (AvgIpc) is 2.68. The van der Waals surface area contributed by atoms with Gasteiger partial charge in [-0.2, -0.15) is 0 Å². The van der Waals surface area contributed by atoms with Gasteiger partial charge in [-0.3, -0.25) is 0 Å². The van der Waals surface area contributed by atoms with E-state index in [1.807, 2.05) is 12.1 Å². The van der Waals surface area contributed by atoms with Gasteiger partial charge in [-0.05, 0) is 18.8 Å². The summed E-state index contributed by atoms with van der Waals surface area (Å²) in [5.41, 5.74) is 7.94. The molecule has 0 unspecified atom stereocenters. The smallest absolute Gasteiger partial charge is 0.201 e. The number of ether oxygens (including phenoxy) is 2. The van der Waals surface area contributed by atoms with Gasteiger partial charge in [0.1, 0.15) is 0 Å². The number of hydrogen-bond donors (Lipinski definition) is 1. The van der Waals surface area contributed by atoms with Crippen molar-refractivity contribution >= 4 is 17.0 Å². The minimum atomic E-state index is 0.457. The lowest BCUT2D eigenvalue weighted by molar-refractivity contribution is 0.223. The number of nitrogens with zero attached hydrogens (tertiary/aromatic N) is 2. The van der Waals surface area contributed by atoms with Gasteiger partial charge in [0.25, 0.3) is 0 Å². The first-order valence-electron chi connectivity index (χ1n) is 6.53. The summed E-state index contributed by atoms with van der Waals surface area (Å²) in [6.45, 7) is 2.26. The third kappa shape index (κ3) is 1.80. The lowest BCUT2D eigenvalue weighted by atomic mass is 9.81. The van der Waals surface area contributed by atoms with Crippen LogP contribution in [-0.2, 0) is 0 Å². The summed E-state index contributed by atoms with van der Waals surface area (Å²) >= 11 is 0. The Morgan fingerprint density at radius 2 is 1.84 bits per heavy atom. The summed E-state index contributed by atoms with van der Waals surface area (Å²) in [5.74, 6) is 2.73. The van der Waals surface area contributed by atoms with Crippen molar-refractivity contribution in [3.63, 3.8) is 0 Å². The van der Waals surface area contributed by atoms with Gasteiger partial charge in [-0.25, -0.2) is 4.98 Å². The molecule has 3 rings (SSSR count). The third-order valence-corrected chi connectivity index (χ3v) is 3.94. The van der Waals surface area contributed by atoms with E-state index < -0.39 is 0 Å². The highest BCUT2D eigenvalue weighted by atomic mass is 16.5. The molecule has 2 N–H and O–H groups in total. The number of anilines is 1. The lowest BCUT2D eigenvalue weighted by Gasteiger charge is -2.34. The number of benzene rings is 1. The number of nitrogens with two attached hydrogens (primary N) is 1. The van der Waals surface area contributed by atoms with E-state index in [0.717, 1.165) is 29.8 Å². The van der Waals surface area contributed by atoms with E-state index in [-0.39, 0.29) is 0 Å². The summed E-state index contributed by atoms with van der Waals surface area (Å²) in [7, 11) is 3.26. The second-order valence-electron chi connectivity index (χ2n) is 5.27. The molecule has 0 amide bonds. The molecule has 0 spiro atoms. The van der Waals surface area contributed by atoms with E-state index in [0.29, 0.717) is 23.5 Å². The quantitative estimate of drug-likeness (QED) is 0.922. The van der Waals surface area contributed by atoms with Gasteiger partial charge >= 0.3 is 0 Å². The Bertz CT molecular complexity index is 615. The van der Waals surface area contributed by atoms with Gasteiger partial charge < -0.3 is 19.8 Å². The number of nitrogen functional groups attached to an aromatic ring is 1. The Labute approximate surface area is 112 Å². The Kier molecular flexibility index (Phi) is 2.77. The molecule has 1 aliphatic rings. The van der Waals surface area contributed by atoms with E-state index in [9.17, 15) is 0 Å². The van der Waals surface area contributed by atoms with Crippen molar-refractivity contribution < 1.29 is 9.47 Å². The standard InChI is InChI=1S/C14H19N3O2/c1-8-4-9(5-8)17-11-7-13(19-3)12(18-2)6-10(11)16-14(17)15/h6-9H,4-5H2,1-3H3,(H2,15,16). The second kappa shape index (κ2) is 4.33. The molecule has 5 heteroatoms. The molecular weight excluding hydrogens is 242 g/mol. The maximum atomic E-state index is 6.06. The van der Waals surface area contributed by atoms with E-state index in [1.165, 1.54) is 0 Å². The number of methoxy groups -OCH3 is 2. The van der Waals surface area contributed by atoms with Gasteiger partial charge in [-0.15, -0.1) is 0 Å². The first-order chi connectivity index (χ1) is 9.13. The molecule has 1 aliphatic carbocycles. The second-order valence-corrected chi connectivity index (χ2v) is 5.27. The molecule has 0 atom stereocenters.